The molecule has 6 nitrogen and oxygen atoms in total. The van der Waals surface area contributed by atoms with Crippen LogP contribution < -0.4 is 0 Å². The Balaban J connectivity index is 2.68. The zero-order valence-electron chi connectivity index (χ0n) is 16.6. The fraction of sp³-hybridized carbons (Fsp3) is 0.130. The summed E-state index contributed by atoms with van der Waals surface area (Å²) in [6.45, 7) is 7.26. The number of hydrogen-bond acceptors (Lipinski definition) is 5. The third-order valence-corrected chi connectivity index (χ3v) is 6.16. The molecule has 0 radical (unpaired) electrons. The Labute approximate surface area is 177 Å². The number of nitriles is 1. The van der Waals surface area contributed by atoms with Gasteiger partial charge in [0, 0.05) is 6.54 Å². The Hall–Kier alpha value is -3.47. The maximum absolute atomic E-state index is 13.4. The van der Waals surface area contributed by atoms with Crippen LogP contribution in [0.1, 0.15) is 22.0 Å². The highest BCUT2D eigenvalue weighted by Crippen LogP contribution is 2.33. The lowest BCUT2D eigenvalue weighted by atomic mass is 9.97. The van der Waals surface area contributed by atoms with Gasteiger partial charge < -0.3 is 4.74 Å². The molecule has 2 aromatic rings. The third kappa shape index (κ3) is 4.92. The molecule has 0 aromatic heterocycles. The van der Waals surface area contributed by atoms with Gasteiger partial charge in [0.05, 0.1) is 35.3 Å². The minimum absolute atomic E-state index is 0.0309. The highest BCUT2D eigenvalue weighted by molar-refractivity contribution is 7.89. The van der Waals surface area contributed by atoms with Gasteiger partial charge in [0.1, 0.15) is 0 Å². The number of carbonyl (C=O) groups is 1. The second-order valence-corrected chi connectivity index (χ2v) is 8.05. The van der Waals surface area contributed by atoms with E-state index in [1.54, 1.807) is 30.3 Å². The van der Waals surface area contributed by atoms with Gasteiger partial charge >= 0.3 is 5.97 Å². The number of ether oxygens (including phenoxy) is 1. The van der Waals surface area contributed by atoms with Gasteiger partial charge in [-0.15, -0.1) is 6.58 Å². The largest absolute Gasteiger partial charge is 0.465 e. The highest BCUT2D eigenvalue weighted by Gasteiger charge is 2.34. The van der Waals surface area contributed by atoms with Crippen molar-refractivity contribution in [2.45, 2.75) is 10.9 Å². The van der Waals surface area contributed by atoms with Crippen molar-refractivity contribution in [2.24, 2.45) is 0 Å². The Bertz CT molecular complexity index is 1080. The van der Waals surface area contributed by atoms with Gasteiger partial charge in [-0.25, -0.2) is 13.2 Å². The normalized spacial score (nSPS) is 12.6. The molecule has 0 spiro atoms. The molecule has 0 fully saturated rings. The second-order valence-electron chi connectivity index (χ2n) is 6.16. The Morgan fingerprint density at radius 3 is 2.30 bits per heavy atom. The monoisotopic (exact) mass is 422 g/mol. The van der Waals surface area contributed by atoms with Crippen molar-refractivity contribution in [1.82, 2.24) is 4.31 Å². The van der Waals surface area contributed by atoms with E-state index in [-0.39, 0.29) is 17.0 Å². The number of allylic oxidation sites excluding steroid dienone is 2. The highest BCUT2D eigenvalue weighted by atomic mass is 32.2. The maximum Gasteiger partial charge on any atom is 0.337 e. The van der Waals surface area contributed by atoms with Gasteiger partial charge in [-0.2, -0.15) is 9.57 Å². The predicted molar refractivity (Wildman–Crippen MR) is 115 cm³/mol. The van der Waals surface area contributed by atoms with Crippen molar-refractivity contribution in [3.05, 3.63) is 103 Å². The molecule has 0 saturated heterocycles. The summed E-state index contributed by atoms with van der Waals surface area (Å²) in [6, 6.07) is 15.3. The van der Waals surface area contributed by atoms with E-state index in [1.807, 2.05) is 0 Å². The average Bonchev–Trinajstić information content (AvgIpc) is 2.78. The van der Waals surface area contributed by atoms with Crippen LogP contribution in [-0.2, 0) is 14.8 Å². The number of methoxy groups -OCH3 is 1. The summed E-state index contributed by atoms with van der Waals surface area (Å²) in [6.07, 6.45) is 4.35. The number of hydrogen-bond donors (Lipinski definition) is 0. The van der Waals surface area contributed by atoms with E-state index in [1.165, 1.54) is 53.9 Å². The summed E-state index contributed by atoms with van der Waals surface area (Å²) in [7, 11) is -2.70. The van der Waals surface area contributed by atoms with Crippen LogP contribution in [0.15, 0.2) is 96.5 Å². The first-order chi connectivity index (χ1) is 14.4. The van der Waals surface area contributed by atoms with E-state index in [4.69, 9.17) is 4.74 Å². The molecule has 0 amide bonds. The second kappa shape index (κ2) is 10.3. The van der Waals surface area contributed by atoms with Crippen molar-refractivity contribution in [3.63, 3.8) is 0 Å². The Morgan fingerprint density at radius 2 is 1.80 bits per heavy atom. The lowest BCUT2D eigenvalue weighted by Crippen LogP contribution is -2.36. The van der Waals surface area contributed by atoms with Crippen molar-refractivity contribution < 1.29 is 17.9 Å². The van der Waals surface area contributed by atoms with E-state index in [0.29, 0.717) is 11.1 Å². The molecule has 0 bridgehead atoms. The number of nitrogens with zero attached hydrogens (tertiary/aromatic N) is 2. The van der Waals surface area contributed by atoms with Crippen LogP contribution >= 0.6 is 0 Å². The van der Waals surface area contributed by atoms with Crippen molar-refractivity contribution in [3.8, 4) is 6.07 Å². The van der Waals surface area contributed by atoms with Gasteiger partial charge in [-0.3, -0.25) is 0 Å². The number of sulfonamides is 1. The molecule has 0 aliphatic heterocycles. The molecule has 2 rings (SSSR count). The molecule has 30 heavy (non-hydrogen) atoms. The van der Waals surface area contributed by atoms with Gasteiger partial charge in [-0.1, -0.05) is 49.1 Å². The molecule has 0 N–H and O–H groups in total. The Kier molecular flexibility index (Phi) is 7.87. The van der Waals surface area contributed by atoms with Crippen molar-refractivity contribution >= 4 is 16.0 Å². The van der Waals surface area contributed by atoms with E-state index < -0.39 is 22.0 Å². The summed E-state index contributed by atoms with van der Waals surface area (Å²) in [5, 5.41) is 9.74. The molecule has 0 saturated carbocycles. The summed E-state index contributed by atoms with van der Waals surface area (Å²) in [5.41, 5.74) is 1.00. The molecular formula is C23H22N2O4S. The molecule has 0 heterocycles. The minimum Gasteiger partial charge on any atom is -0.465 e. The standard InChI is InChI=1S/C23H22N2O4S/c1-4-9-20(17-24)22(18-12-14-19(15-13-18)23(26)29-3)25(16-5-2)30(27,28)21-10-7-6-8-11-21/h4-15,22H,1-2,16H2,3H3/b20-9+. The molecule has 0 aliphatic rings. The summed E-state index contributed by atoms with van der Waals surface area (Å²) >= 11 is 0. The first-order valence-electron chi connectivity index (χ1n) is 8.99. The van der Waals surface area contributed by atoms with Gasteiger partial charge in [0.15, 0.2) is 0 Å². The minimum atomic E-state index is -3.97. The van der Waals surface area contributed by atoms with E-state index >= 15 is 0 Å². The fourth-order valence-electron chi connectivity index (χ4n) is 2.93. The van der Waals surface area contributed by atoms with Crippen LogP contribution in [0.2, 0.25) is 0 Å². The third-order valence-electron chi connectivity index (χ3n) is 4.32. The van der Waals surface area contributed by atoms with E-state index in [0.717, 1.165) is 0 Å². The molecular weight excluding hydrogens is 400 g/mol. The Morgan fingerprint density at radius 1 is 1.17 bits per heavy atom. The number of rotatable bonds is 9. The molecule has 1 atom stereocenters. The molecule has 0 aliphatic carbocycles. The summed E-state index contributed by atoms with van der Waals surface area (Å²) < 4.78 is 32.8. The molecule has 1 unspecified atom stereocenters. The van der Waals surface area contributed by atoms with Crippen molar-refractivity contribution in [1.29, 1.82) is 5.26 Å². The lowest BCUT2D eigenvalue weighted by molar-refractivity contribution is 0.0600. The number of carbonyl (C=O) groups excluding carboxylic acids is 1. The average molecular weight is 423 g/mol. The quantitative estimate of drug-likeness (QED) is 0.264. The molecule has 154 valence electrons. The fourth-order valence-corrected chi connectivity index (χ4v) is 4.52. The lowest BCUT2D eigenvalue weighted by Gasteiger charge is -2.30. The zero-order chi connectivity index (χ0) is 22.1. The van der Waals surface area contributed by atoms with Gasteiger partial charge in [0.25, 0.3) is 0 Å². The van der Waals surface area contributed by atoms with Gasteiger partial charge in [-0.05, 0) is 35.9 Å². The molecule has 7 heteroatoms. The predicted octanol–water partition coefficient (Wildman–Crippen LogP) is 4.03. The van der Waals surface area contributed by atoms with Gasteiger partial charge in [0.2, 0.25) is 10.0 Å². The SMILES string of the molecule is C=C/C=C(\C#N)C(c1ccc(C(=O)OC)cc1)N(CC=C)S(=O)(=O)c1ccccc1. The maximum atomic E-state index is 13.4. The van der Waals surface area contributed by atoms with Crippen molar-refractivity contribution in [2.75, 3.05) is 13.7 Å². The van der Waals surface area contributed by atoms with Crippen LogP contribution in [-0.4, -0.2) is 32.3 Å². The van der Waals surface area contributed by atoms with E-state index in [9.17, 15) is 18.5 Å². The first-order valence-corrected chi connectivity index (χ1v) is 10.4. The van der Waals surface area contributed by atoms with Crippen LogP contribution in [0.5, 0.6) is 0 Å². The van der Waals surface area contributed by atoms with Crippen LogP contribution in [0.25, 0.3) is 0 Å². The summed E-state index contributed by atoms with van der Waals surface area (Å²) in [5.74, 6) is -0.514. The topological polar surface area (TPSA) is 87.5 Å². The smallest absolute Gasteiger partial charge is 0.337 e. The van der Waals surface area contributed by atoms with Crippen LogP contribution in [0.3, 0.4) is 0 Å². The first kappa shape index (κ1) is 22.8. The summed E-state index contributed by atoms with van der Waals surface area (Å²) in [4.78, 5) is 11.8. The van der Waals surface area contributed by atoms with Crippen LogP contribution in [0, 0.1) is 11.3 Å². The zero-order valence-corrected chi connectivity index (χ0v) is 17.4. The molecule has 2 aromatic carbocycles. The van der Waals surface area contributed by atoms with Crippen LogP contribution in [0.4, 0.5) is 0 Å². The number of esters is 1. The van der Waals surface area contributed by atoms with E-state index in [2.05, 4.69) is 19.2 Å². The number of benzene rings is 2.